The second-order valence-electron chi connectivity index (χ2n) is 6.25. The first-order valence-electron chi connectivity index (χ1n) is 8.06. The van der Waals surface area contributed by atoms with Crippen LogP contribution >= 0.6 is 11.8 Å². The summed E-state index contributed by atoms with van der Waals surface area (Å²) in [6.07, 6.45) is 5.76. The van der Waals surface area contributed by atoms with Gasteiger partial charge in [0.1, 0.15) is 5.69 Å². The molecule has 1 atom stereocenters. The van der Waals surface area contributed by atoms with Crippen molar-refractivity contribution in [2.45, 2.75) is 43.8 Å². The van der Waals surface area contributed by atoms with Crippen LogP contribution in [0.25, 0.3) is 0 Å². The highest BCUT2D eigenvalue weighted by Gasteiger charge is 2.32. The minimum atomic E-state index is -0.102. The zero-order chi connectivity index (χ0) is 16.4. The lowest BCUT2D eigenvalue weighted by Crippen LogP contribution is -2.46. The highest BCUT2D eigenvalue weighted by molar-refractivity contribution is 7.98. The summed E-state index contributed by atoms with van der Waals surface area (Å²) in [7, 11) is 0. The molecule has 23 heavy (non-hydrogen) atoms. The summed E-state index contributed by atoms with van der Waals surface area (Å²) >= 11 is 1.42. The van der Waals surface area contributed by atoms with Gasteiger partial charge in [-0.3, -0.25) is 9.59 Å². The van der Waals surface area contributed by atoms with Gasteiger partial charge in [-0.25, -0.2) is 9.97 Å². The van der Waals surface area contributed by atoms with E-state index in [2.05, 4.69) is 15.3 Å². The lowest BCUT2D eigenvalue weighted by Gasteiger charge is -2.32. The van der Waals surface area contributed by atoms with Gasteiger partial charge >= 0.3 is 0 Å². The van der Waals surface area contributed by atoms with Gasteiger partial charge in [0.2, 0.25) is 5.91 Å². The fourth-order valence-corrected chi connectivity index (χ4v) is 3.25. The topological polar surface area (TPSA) is 75.2 Å². The molecule has 0 unspecified atom stereocenters. The van der Waals surface area contributed by atoms with Crippen molar-refractivity contribution >= 4 is 23.6 Å². The maximum Gasteiger partial charge on any atom is 0.272 e. The molecule has 124 valence electrons. The molecule has 2 aliphatic rings. The van der Waals surface area contributed by atoms with Crippen LogP contribution in [0, 0.1) is 12.8 Å². The van der Waals surface area contributed by atoms with Crippen molar-refractivity contribution < 1.29 is 9.59 Å². The second kappa shape index (κ2) is 6.86. The Morgan fingerprint density at radius 1 is 1.30 bits per heavy atom. The molecule has 2 fully saturated rings. The van der Waals surface area contributed by atoms with Crippen LogP contribution in [0.15, 0.2) is 11.2 Å². The number of carbonyl (C=O) groups is 2. The van der Waals surface area contributed by atoms with Crippen LogP contribution in [0.1, 0.15) is 41.9 Å². The van der Waals surface area contributed by atoms with Crippen molar-refractivity contribution in [3.05, 3.63) is 17.5 Å². The maximum atomic E-state index is 12.7. The van der Waals surface area contributed by atoms with Gasteiger partial charge in [0, 0.05) is 24.8 Å². The molecule has 1 saturated carbocycles. The van der Waals surface area contributed by atoms with Gasteiger partial charge in [-0.2, -0.15) is 0 Å². The van der Waals surface area contributed by atoms with Crippen LogP contribution in [0.2, 0.25) is 0 Å². The van der Waals surface area contributed by atoms with Crippen molar-refractivity contribution in [3.63, 3.8) is 0 Å². The van der Waals surface area contributed by atoms with E-state index >= 15 is 0 Å². The number of aromatic nitrogens is 2. The standard InChI is InChI=1S/C16H22N4O2S/c1-10-8-13(19-16(17-10)23-2)15(22)20-7-3-4-11(9-20)14(21)18-12-5-6-12/h8,11-12H,3-7,9H2,1-2H3,(H,18,21)/t11-/m1/s1. The average molecular weight is 334 g/mol. The number of likely N-dealkylation sites (tertiary alicyclic amines) is 1. The molecule has 6 nitrogen and oxygen atoms in total. The molecule has 0 bridgehead atoms. The summed E-state index contributed by atoms with van der Waals surface area (Å²) in [6, 6.07) is 2.08. The number of aryl methyl sites for hydroxylation is 1. The molecule has 3 rings (SSSR count). The number of nitrogens with one attached hydrogen (secondary N) is 1. The quantitative estimate of drug-likeness (QED) is 0.669. The van der Waals surface area contributed by atoms with E-state index in [1.807, 2.05) is 13.2 Å². The first-order chi connectivity index (χ1) is 11.1. The highest BCUT2D eigenvalue weighted by atomic mass is 32.2. The molecular weight excluding hydrogens is 312 g/mol. The number of carbonyl (C=O) groups excluding carboxylic acids is 2. The molecule has 1 saturated heterocycles. The van der Waals surface area contributed by atoms with Crippen molar-refractivity contribution in [3.8, 4) is 0 Å². The van der Waals surface area contributed by atoms with E-state index in [0.29, 0.717) is 30.0 Å². The van der Waals surface area contributed by atoms with Crippen LogP contribution < -0.4 is 5.32 Å². The Balaban J connectivity index is 1.68. The fourth-order valence-electron chi connectivity index (χ4n) is 2.83. The van der Waals surface area contributed by atoms with Crippen molar-refractivity contribution in [2.24, 2.45) is 5.92 Å². The number of hydrogen-bond donors (Lipinski definition) is 1. The lowest BCUT2D eigenvalue weighted by atomic mass is 9.96. The predicted octanol–water partition coefficient (Wildman–Crippen LogP) is 1.64. The second-order valence-corrected chi connectivity index (χ2v) is 7.03. The molecule has 1 aliphatic carbocycles. The Hall–Kier alpha value is -1.63. The molecule has 1 N–H and O–H groups in total. The summed E-state index contributed by atoms with van der Waals surface area (Å²) < 4.78 is 0. The zero-order valence-corrected chi connectivity index (χ0v) is 14.4. The third kappa shape index (κ3) is 4.02. The fraction of sp³-hybridized carbons (Fsp3) is 0.625. The Bertz CT molecular complexity index is 618. The van der Waals surface area contributed by atoms with Crippen LogP contribution in [0.3, 0.4) is 0 Å². The number of amides is 2. The summed E-state index contributed by atoms with van der Waals surface area (Å²) in [5.74, 6) is -0.111. The van der Waals surface area contributed by atoms with E-state index in [4.69, 9.17) is 0 Å². The monoisotopic (exact) mass is 334 g/mol. The van der Waals surface area contributed by atoms with Gasteiger partial charge in [-0.15, -0.1) is 0 Å². The van der Waals surface area contributed by atoms with Gasteiger partial charge in [0.25, 0.3) is 5.91 Å². The van der Waals surface area contributed by atoms with Crippen LogP contribution in [0.4, 0.5) is 0 Å². The van der Waals surface area contributed by atoms with Gasteiger partial charge in [0.15, 0.2) is 5.16 Å². The summed E-state index contributed by atoms with van der Waals surface area (Å²) in [4.78, 5) is 35.3. The maximum absolute atomic E-state index is 12.7. The number of nitrogens with zero attached hydrogens (tertiary/aromatic N) is 3. The lowest BCUT2D eigenvalue weighted by molar-refractivity contribution is -0.126. The van der Waals surface area contributed by atoms with Crippen LogP contribution in [0.5, 0.6) is 0 Å². The highest BCUT2D eigenvalue weighted by Crippen LogP contribution is 2.23. The minimum Gasteiger partial charge on any atom is -0.353 e. The van der Waals surface area contributed by atoms with Crippen molar-refractivity contribution in [2.75, 3.05) is 19.3 Å². The molecular formula is C16H22N4O2S. The normalized spacial score (nSPS) is 21.1. The van der Waals surface area contributed by atoms with Gasteiger partial charge in [0.05, 0.1) is 5.92 Å². The molecule has 7 heteroatoms. The molecule has 0 spiro atoms. The van der Waals surface area contributed by atoms with Crippen molar-refractivity contribution in [1.29, 1.82) is 0 Å². The number of hydrogen-bond acceptors (Lipinski definition) is 5. The van der Waals surface area contributed by atoms with E-state index in [0.717, 1.165) is 31.4 Å². The molecule has 1 aliphatic heterocycles. The third-order valence-corrected chi connectivity index (χ3v) is 4.79. The Labute approximate surface area is 140 Å². The average Bonchev–Trinajstić information content (AvgIpc) is 3.37. The van der Waals surface area contributed by atoms with E-state index in [1.165, 1.54) is 11.8 Å². The van der Waals surface area contributed by atoms with Gasteiger partial charge < -0.3 is 10.2 Å². The SMILES string of the molecule is CSc1nc(C)cc(C(=O)N2CCC[C@@H](C(=O)NC3CC3)C2)n1. The number of rotatable bonds is 4. The van der Waals surface area contributed by atoms with Crippen molar-refractivity contribution in [1.82, 2.24) is 20.2 Å². The smallest absolute Gasteiger partial charge is 0.272 e. The Morgan fingerprint density at radius 3 is 2.78 bits per heavy atom. The first-order valence-corrected chi connectivity index (χ1v) is 9.28. The minimum absolute atomic E-state index is 0.0914. The van der Waals surface area contributed by atoms with E-state index in [1.54, 1.807) is 11.0 Å². The largest absolute Gasteiger partial charge is 0.353 e. The van der Waals surface area contributed by atoms with E-state index in [-0.39, 0.29) is 17.7 Å². The van der Waals surface area contributed by atoms with Crippen LogP contribution in [-0.2, 0) is 4.79 Å². The van der Waals surface area contributed by atoms with E-state index in [9.17, 15) is 9.59 Å². The predicted molar refractivity (Wildman–Crippen MR) is 88.3 cm³/mol. The molecule has 1 aromatic rings. The number of piperidine rings is 1. The summed E-state index contributed by atoms with van der Waals surface area (Å²) in [5, 5.41) is 3.65. The third-order valence-electron chi connectivity index (χ3n) is 4.24. The molecule has 0 radical (unpaired) electrons. The Morgan fingerprint density at radius 2 is 2.09 bits per heavy atom. The Kier molecular flexibility index (Phi) is 4.84. The molecule has 1 aromatic heterocycles. The first kappa shape index (κ1) is 16.2. The van der Waals surface area contributed by atoms with Gasteiger partial charge in [-0.05, 0) is 44.9 Å². The molecule has 2 heterocycles. The van der Waals surface area contributed by atoms with E-state index < -0.39 is 0 Å². The summed E-state index contributed by atoms with van der Waals surface area (Å²) in [6.45, 7) is 3.03. The summed E-state index contributed by atoms with van der Waals surface area (Å²) in [5.41, 5.74) is 1.21. The molecule has 0 aromatic carbocycles. The van der Waals surface area contributed by atoms with Gasteiger partial charge in [-0.1, -0.05) is 11.8 Å². The zero-order valence-electron chi connectivity index (χ0n) is 13.5. The molecule has 2 amide bonds. The van der Waals surface area contributed by atoms with Crippen LogP contribution in [-0.4, -0.2) is 52.1 Å². The number of thioether (sulfide) groups is 1.